The summed E-state index contributed by atoms with van der Waals surface area (Å²) in [6.45, 7) is 0.424. The molecular formula is C27H26FN5O2. The number of hydrogen-bond acceptors (Lipinski definition) is 5. The highest BCUT2D eigenvalue weighted by Gasteiger charge is 2.30. The summed E-state index contributed by atoms with van der Waals surface area (Å²) in [7, 11) is 0. The molecule has 3 aromatic rings. The van der Waals surface area contributed by atoms with Crippen molar-refractivity contribution >= 4 is 17.6 Å². The van der Waals surface area contributed by atoms with E-state index in [0.29, 0.717) is 60.4 Å². The molecule has 0 bridgehead atoms. The molecule has 1 saturated carbocycles. The van der Waals surface area contributed by atoms with Crippen molar-refractivity contribution in [3.8, 4) is 17.3 Å². The summed E-state index contributed by atoms with van der Waals surface area (Å²) in [5.74, 6) is -0.813. The van der Waals surface area contributed by atoms with Crippen LogP contribution in [0, 0.1) is 23.1 Å². The topological polar surface area (TPSA) is 121 Å². The normalized spacial score (nSPS) is 16.9. The molecule has 2 amide bonds. The van der Waals surface area contributed by atoms with Crippen LogP contribution >= 0.6 is 0 Å². The highest BCUT2D eigenvalue weighted by molar-refractivity contribution is 5.99. The number of pyridine rings is 1. The lowest BCUT2D eigenvalue weighted by atomic mass is 10.0. The van der Waals surface area contributed by atoms with E-state index in [-0.39, 0.29) is 29.6 Å². The average molecular weight is 472 g/mol. The lowest BCUT2D eigenvalue weighted by molar-refractivity contribution is -0.121. The Labute approximate surface area is 203 Å². The Balaban J connectivity index is 1.57. The predicted molar refractivity (Wildman–Crippen MR) is 131 cm³/mol. The van der Waals surface area contributed by atoms with Crippen molar-refractivity contribution < 1.29 is 14.0 Å². The zero-order valence-corrected chi connectivity index (χ0v) is 19.1. The maximum absolute atomic E-state index is 13.5. The molecule has 0 spiro atoms. The molecule has 8 heteroatoms. The number of benzene rings is 2. The molecule has 1 heterocycles. The van der Waals surface area contributed by atoms with E-state index < -0.39 is 0 Å². The third kappa shape index (κ3) is 5.82. The van der Waals surface area contributed by atoms with Crippen LogP contribution in [0.3, 0.4) is 0 Å². The van der Waals surface area contributed by atoms with Gasteiger partial charge in [-0.25, -0.2) is 9.37 Å². The number of aromatic nitrogens is 1. The molecule has 1 fully saturated rings. The van der Waals surface area contributed by atoms with E-state index in [4.69, 9.17) is 5.73 Å². The van der Waals surface area contributed by atoms with Crippen LogP contribution in [0.1, 0.15) is 40.7 Å². The Morgan fingerprint density at radius 2 is 1.94 bits per heavy atom. The van der Waals surface area contributed by atoms with Gasteiger partial charge in [0.25, 0.3) is 5.91 Å². The number of amides is 2. The van der Waals surface area contributed by atoms with Crippen LogP contribution in [0.5, 0.6) is 0 Å². The first-order valence-electron chi connectivity index (χ1n) is 11.5. The predicted octanol–water partition coefficient (Wildman–Crippen LogP) is 3.80. The Kier molecular flexibility index (Phi) is 7.36. The summed E-state index contributed by atoms with van der Waals surface area (Å²) in [6.07, 6.45) is 2.39. The van der Waals surface area contributed by atoms with Gasteiger partial charge >= 0.3 is 0 Å². The van der Waals surface area contributed by atoms with Crippen molar-refractivity contribution in [1.82, 2.24) is 10.3 Å². The van der Waals surface area contributed by atoms with Gasteiger partial charge < -0.3 is 16.4 Å². The van der Waals surface area contributed by atoms with Crippen LogP contribution in [-0.2, 0) is 11.2 Å². The minimum Gasteiger partial charge on any atom is -0.369 e. The number of nitrogens with two attached hydrogens (primary N) is 1. The van der Waals surface area contributed by atoms with E-state index >= 15 is 0 Å². The Bertz CT molecular complexity index is 1290. The summed E-state index contributed by atoms with van der Waals surface area (Å²) in [4.78, 5) is 29.3. The fourth-order valence-electron chi connectivity index (χ4n) is 4.38. The van der Waals surface area contributed by atoms with Crippen LogP contribution in [0.2, 0.25) is 0 Å². The van der Waals surface area contributed by atoms with Gasteiger partial charge in [0.05, 0.1) is 22.9 Å². The first-order chi connectivity index (χ1) is 16.9. The fraction of sp³-hybridized carbons (Fsp3) is 0.259. The number of halogens is 1. The molecule has 0 radical (unpaired) electrons. The fourth-order valence-corrected chi connectivity index (χ4v) is 4.38. The smallest absolute Gasteiger partial charge is 0.255 e. The van der Waals surface area contributed by atoms with Gasteiger partial charge in [-0.3, -0.25) is 9.59 Å². The number of carbonyl (C=O) groups is 2. The summed E-state index contributed by atoms with van der Waals surface area (Å²) < 4.78 is 13.5. The Morgan fingerprint density at radius 3 is 2.69 bits per heavy atom. The third-order valence-corrected chi connectivity index (χ3v) is 6.23. The van der Waals surface area contributed by atoms with E-state index in [1.165, 1.54) is 12.1 Å². The summed E-state index contributed by atoms with van der Waals surface area (Å²) in [6, 6.07) is 18.9. The van der Waals surface area contributed by atoms with E-state index in [2.05, 4.69) is 21.7 Å². The number of hydrogen-bond donors (Lipinski definition) is 3. The van der Waals surface area contributed by atoms with Crippen molar-refractivity contribution in [3.63, 3.8) is 0 Å². The number of nitriles is 1. The molecule has 4 N–H and O–H groups in total. The molecule has 2 aromatic carbocycles. The zero-order valence-electron chi connectivity index (χ0n) is 19.1. The number of rotatable bonds is 8. The van der Waals surface area contributed by atoms with Crippen LogP contribution in [0.25, 0.3) is 11.3 Å². The van der Waals surface area contributed by atoms with Crippen molar-refractivity contribution in [3.05, 3.63) is 83.2 Å². The van der Waals surface area contributed by atoms with Gasteiger partial charge in [0, 0.05) is 24.1 Å². The third-order valence-electron chi connectivity index (χ3n) is 6.23. The SMILES string of the molecule is N#Cc1ccccc1-c1ccc(C(=O)NC2CCC(C(N)=O)C2)c(NCCc2cccc(F)c2)n1. The lowest BCUT2D eigenvalue weighted by Gasteiger charge is -2.16. The maximum Gasteiger partial charge on any atom is 0.255 e. The Morgan fingerprint density at radius 1 is 1.11 bits per heavy atom. The molecule has 1 aromatic heterocycles. The van der Waals surface area contributed by atoms with Gasteiger partial charge in [-0.1, -0.05) is 30.3 Å². The minimum absolute atomic E-state index is 0.140. The number of primary amides is 1. The van der Waals surface area contributed by atoms with Gasteiger partial charge in [0.1, 0.15) is 11.6 Å². The Hall–Kier alpha value is -4.25. The van der Waals surface area contributed by atoms with Crippen LogP contribution in [0.15, 0.2) is 60.7 Å². The van der Waals surface area contributed by atoms with Crippen molar-refractivity contribution in [2.75, 3.05) is 11.9 Å². The van der Waals surface area contributed by atoms with Crippen molar-refractivity contribution in [2.24, 2.45) is 11.7 Å². The van der Waals surface area contributed by atoms with E-state index in [1.807, 2.05) is 12.1 Å². The standard InChI is InChI=1S/C27H26FN5O2/c28-20-6-3-4-17(14-20)12-13-31-26-23(27(35)32-21-9-8-18(15-21)25(30)34)10-11-24(33-26)22-7-2-1-5-19(22)16-29/h1-7,10-11,14,18,21H,8-9,12-13,15H2,(H2,30,34)(H,31,33)(H,32,35). The average Bonchev–Trinajstić information content (AvgIpc) is 3.33. The molecule has 2 atom stereocenters. The maximum atomic E-state index is 13.5. The van der Waals surface area contributed by atoms with E-state index in [1.54, 1.807) is 36.4 Å². The number of nitrogens with one attached hydrogen (secondary N) is 2. The highest BCUT2D eigenvalue weighted by atomic mass is 19.1. The van der Waals surface area contributed by atoms with Gasteiger partial charge in [-0.05, 0) is 61.6 Å². The van der Waals surface area contributed by atoms with Crippen LogP contribution < -0.4 is 16.4 Å². The second kappa shape index (κ2) is 10.8. The highest BCUT2D eigenvalue weighted by Crippen LogP contribution is 2.27. The molecular weight excluding hydrogens is 445 g/mol. The monoisotopic (exact) mass is 471 g/mol. The molecule has 35 heavy (non-hydrogen) atoms. The largest absolute Gasteiger partial charge is 0.369 e. The minimum atomic E-state index is -0.344. The van der Waals surface area contributed by atoms with Gasteiger partial charge in [0.2, 0.25) is 5.91 Å². The van der Waals surface area contributed by atoms with E-state index in [9.17, 15) is 19.2 Å². The van der Waals surface area contributed by atoms with Gasteiger partial charge in [0.15, 0.2) is 0 Å². The van der Waals surface area contributed by atoms with Crippen molar-refractivity contribution in [2.45, 2.75) is 31.7 Å². The molecule has 0 aliphatic heterocycles. The molecule has 178 valence electrons. The lowest BCUT2D eigenvalue weighted by Crippen LogP contribution is -2.34. The quantitative estimate of drug-likeness (QED) is 0.461. The molecule has 7 nitrogen and oxygen atoms in total. The van der Waals surface area contributed by atoms with Crippen LogP contribution in [0.4, 0.5) is 10.2 Å². The molecule has 0 saturated heterocycles. The second-order valence-corrected chi connectivity index (χ2v) is 8.64. The van der Waals surface area contributed by atoms with Gasteiger partial charge in [-0.2, -0.15) is 5.26 Å². The summed E-state index contributed by atoms with van der Waals surface area (Å²) in [5, 5.41) is 15.7. The molecule has 4 rings (SSSR count). The van der Waals surface area contributed by atoms with E-state index in [0.717, 1.165) is 5.56 Å². The zero-order chi connectivity index (χ0) is 24.8. The second-order valence-electron chi connectivity index (χ2n) is 8.64. The first kappa shape index (κ1) is 23.9. The number of carbonyl (C=O) groups excluding carboxylic acids is 2. The van der Waals surface area contributed by atoms with Crippen LogP contribution in [-0.4, -0.2) is 29.4 Å². The number of nitrogens with zero attached hydrogens (tertiary/aromatic N) is 2. The van der Waals surface area contributed by atoms with Crippen molar-refractivity contribution in [1.29, 1.82) is 5.26 Å². The molecule has 1 aliphatic carbocycles. The van der Waals surface area contributed by atoms with Gasteiger partial charge in [-0.15, -0.1) is 0 Å². The molecule has 2 unspecified atom stereocenters. The number of anilines is 1. The summed E-state index contributed by atoms with van der Waals surface area (Å²) >= 11 is 0. The summed E-state index contributed by atoms with van der Waals surface area (Å²) in [5.41, 5.74) is 8.28. The molecule has 1 aliphatic rings. The first-order valence-corrected chi connectivity index (χ1v) is 11.5.